The zero-order chi connectivity index (χ0) is 14.0. The first-order chi connectivity index (χ1) is 8.97. The maximum atomic E-state index is 12.0. The Bertz CT molecular complexity index is 695. The molecule has 1 aromatic carbocycles. The standard InChI is InChI=1S/C13H12ClN3O2/c1-8-7-9(14)3-4-10(8)15-13(19)11-5-6-12(18)17(2)16-11/h3-7H,1-2H3,(H,15,19). The molecule has 0 unspecified atom stereocenters. The molecule has 6 heteroatoms. The van der Waals surface area contributed by atoms with Crippen LogP contribution in [0.15, 0.2) is 35.1 Å². The Labute approximate surface area is 114 Å². The van der Waals surface area contributed by atoms with Crippen molar-refractivity contribution < 1.29 is 4.79 Å². The first-order valence-electron chi connectivity index (χ1n) is 5.59. The summed E-state index contributed by atoms with van der Waals surface area (Å²) in [6.45, 7) is 1.84. The topological polar surface area (TPSA) is 64.0 Å². The molecule has 0 aliphatic rings. The smallest absolute Gasteiger partial charge is 0.276 e. The molecule has 1 aromatic heterocycles. The van der Waals surface area contributed by atoms with Crippen molar-refractivity contribution in [1.29, 1.82) is 0 Å². The van der Waals surface area contributed by atoms with Crippen molar-refractivity contribution in [3.05, 3.63) is 57.0 Å². The number of hydrogen-bond acceptors (Lipinski definition) is 3. The average molecular weight is 278 g/mol. The van der Waals surface area contributed by atoms with E-state index in [1.165, 1.54) is 19.2 Å². The molecular formula is C13H12ClN3O2. The van der Waals surface area contributed by atoms with E-state index < -0.39 is 0 Å². The molecule has 0 radical (unpaired) electrons. The fourth-order valence-corrected chi connectivity index (χ4v) is 1.80. The van der Waals surface area contributed by atoms with Crippen molar-refractivity contribution in [2.75, 3.05) is 5.32 Å². The minimum absolute atomic E-state index is 0.177. The van der Waals surface area contributed by atoms with E-state index in [9.17, 15) is 9.59 Å². The lowest BCUT2D eigenvalue weighted by Gasteiger charge is -2.08. The summed E-state index contributed by atoms with van der Waals surface area (Å²) < 4.78 is 1.11. The SMILES string of the molecule is Cc1cc(Cl)ccc1NC(=O)c1ccc(=O)n(C)n1. The molecule has 0 bridgehead atoms. The molecule has 0 atom stereocenters. The monoisotopic (exact) mass is 277 g/mol. The number of nitrogens with zero attached hydrogens (tertiary/aromatic N) is 2. The highest BCUT2D eigenvalue weighted by molar-refractivity contribution is 6.30. The zero-order valence-corrected chi connectivity index (χ0v) is 11.2. The van der Waals surface area contributed by atoms with Gasteiger partial charge in [0.15, 0.2) is 0 Å². The predicted molar refractivity (Wildman–Crippen MR) is 73.6 cm³/mol. The van der Waals surface area contributed by atoms with E-state index in [2.05, 4.69) is 10.4 Å². The summed E-state index contributed by atoms with van der Waals surface area (Å²) >= 11 is 5.85. The molecule has 0 saturated carbocycles. The van der Waals surface area contributed by atoms with Crippen LogP contribution in [-0.2, 0) is 7.05 Å². The maximum absolute atomic E-state index is 12.0. The molecule has 98 valence electrons. The Kier molecular flexibility index (Phi) is 3.66. The Morgan fingerprint density at radius 1 is 1.32 bits per heavy atom. The summed E-state index contributed by atoms with van der Waals surface area (Å²) in [6, 6.07) is 7.86. The number of carbonyl (C=O) groups is 1. The second-order valence-electron chi connectivity index (χ2n) is 4.09. The van der Waals surface area contributed by atoms with Crippen molar-refractivity contribution >= 4 is 23.2 Å². The fourth-order valence-electron chi connectivity index (χ4n) is 1.58. The lowest BCUT2D eigenvalue weighted by atomic mass is 10.2. The third-order valence-electron chi connectivity index (χ3n) is 2.63. The van der Waals surface area contributed by atoms with Gasteiger partial charge < -0.3 is 5.32 Å². The summed E-state index contributed by atoms with van der Waals surface area (Å²) in [4.78, 5) is 23.2. The van der Waals surface area contributed by atoms with Gasteiger partial charge >= 0.3 is 0 Å². The second kappa shape index (κ2) is 5.24. The third-order valence-corrected chi connectivity index (χ3v) is 2.86. The average Bonchev–Trinajstić information content (AvgIpc) is 2.36. The van der Waals surface area contributed by atoms with Gasteiger partial charge in [-0.15, -0.1) is 0 Å². The van der Waals surface area contributed by atoms with Crippen molar-refractivity contribution in [1.82, 2.24) is 9.78 Å². The van der Waals surface area contributed by atoms with E-state index in [0.717, 1.165) is 10.2 Å². The van der Waals surface area contributed by atoms with Crippen LogP contribution in [0.4, 0.5) is 5.69 Å². The minimum atomic E-state index is -0.374. The number of halogens is 1. The third kappa shape index (κ3) is 3.00. The van der Waals surface area contributed by atoms with Gasteiger partial charge in [0.25, 0.3) is 11.5 Å². The number of hydrogen-bond donors (Lipinski definition) is 1. The van der Waals surface area contributed by atoms with Gasteiger partial charge in [0, 0.05) is 23.8 Å². The molecule has 0 spiro atoms. The first-order valence-corrected chi connectivity index (χ1v) is 5.97. The number of aromatic nitrogens is 2. The molecule has 2 rings (SSSR count). The van der Waals surface area contributed by atoms with Gasteiger partial charge in [-0.1, -0.05) is 11.6 Å². The van der Waals surface area contributed by atoms with Crippen molar-refractivity contribution in [3.63, 3.8) is 0 Å². The summed E-state index contributed by atoms with van der Waals surface area (Å²) in [6.07, 6.45) is 0. The minimum Gasteiger partial charge on any atom is -0.320 e. The quantitative estimate of drug-likeness (QED) is 0.913. The largest absolute Gasteiger partial charge is 0.320 e. The number of benzene rings is 1. The van der Waals surface area contributed by atoms with Gasteiger partial charge in [-0.2, -0.15) is 5.10 Å². The van der Waals surface area contributed by atoms with Crippen molar-refractivity contribution in [2.45, 2.75) is 6.92 Å². The zero-order valence-electron chi connectivity index (χ0n) is 10.5. The lowest BCUT2D eigenvalue weighted by Crippen LogP contribution is -2.23. The Hall–Kier alpha value is -2.14. The van der Waals surface area contributed by atoms with Gasteiger partial charge in [0.05, 0.1) is 0 Å². The van der Waals surface area contributed by atoms with Gasteiger partial charge in [0.2, 0.25) is 0 Å². The lowest BCUT2D eigenvalue weighted by molar-refractivity contribution is 0.102. The normalized spacial score (nSPS) is 10.3. The van der Waals surface area contributed by atoms with E-state index in [4.69, 9.17) is 11.6 Å². The number of anilines is 1. The van der Waals surface area contributed by atoms with Gasteiger partial charge in [-0.05, 0) is 36.8 Å². The molecule has 0 saturated heterocycles. The van der Waals surface area contributed by atoms with Crippen molar-refractivity contribution in [2.24, 2.45) is 7.05 Å². The molecule has 2 aromatic rings. The van der Waals surface area contributed by atoms with E-state index >= 15 is 0 Å². The molecule has 5 nitrogen and oxygen atoms in total. The Balaban J connectivity index is 2.25. The number of aryl methyl sites for hydroxylation is 2. The summed E-state index contributed by atoms with van der Waals surface area (Å²) in [5.41, 5.74) is 1.42. The van der Waals surface area contributed by atoms with Crippen LogP contribution in [0.1, 0.15) is 16.1 Å². The molecule has 0 fully saturated rings. The van der Waals surface area contributed by atoms with Crippen LogP contribution < -0.4 is 10.9 Å². The molecule has 1 N–H and O–H groups in total. The Morgan fingerprint density at radius 2 is 2.05 bits per heavy atom. The fraction of sp³-hybridized carbons (Fsp3) is 0.154. The van der Waals surface area contributed by atoms with Gasteiger partial charge in [-0.25, -0.2) is 4.68 Å². The number of rotatable bonds is 2. The molecule has 1 heterocycles. The van der Waals surface area contributed by atoms with Gasteiger partial charge in [-0.3, -0.25) is 9.59 Å². The van der Waals surface area contributed by atoms with Crippen LogP contribution in [0, 0.1) is 6.92 Å². The van der Waals surface area contributed by atoms with Crippen molar-refractivity contribution in [3.8, 4) is 0 Å². The van der Waals surface area contributed by atoms with E-state index in [1.54, 1.807) is 18.2 Å². The predicted octanol–water partition coefficient (Wildman–Crippen LogP) is 1.99. The molecule has 19 heavy (non-hydrogen) atoms. The number of carbonyl (C=O) groups excluding carboxylic acids is 1. The van der Waals surface area contributed by atoms with Crippen LogP contribution >= 0.6 is 11.6 Å². The molecule has 0 aliphatic carbocycles. The molecule has 1 amide bonds. The maximum Gasteiger partial charge on any atom is 0.276 e. The number of nitrogens with one attached hydrogen (secondary N) is 1. The summed E-state index contributed by atoms with van der Waals surface area (Å²) in [7, 11) is 1.49. The number of amides is 1. The van der Waals surface area contributed by atoms with E-state index in [0.29, 0.717) is 10.7 Å². The van der Waals surface area contributed by atoms with Crippen LogP contribution in [0.2, 0.25) is 5.02 Å². The van der Waals surface area contributed by atoms with Crippen LogP contribution in [0.5, 0.6) is 0 Å². The van der Waals surface area contributed by atoms with E-state index in [1.807, 2.05) is 6.92 Å². The summed E-state index contributed by atoms with van der Waals surface area (Å²) in [5.74, 6) is -0.374. The summed E-state index contributed by atoms with van der Waals surface area (Å²) in [5, 5.41) is 7.21. The van der Waals surface area contributed by atoms with E-state index in [-0.39, 0.29) is 17.2 Å². The van der Waals surface area contributed by atoms with Crippen LogP contribution in [0.25, 0.3) is 0 Å². The van der Waals surface area contributed by atoms with Crippen LogP contribution in [0.3, 0.4) is 0 Å². The van der Waals surface area contributed by atoms with Crippen LogP contribution in [-0.4, -0.2) is 15.7 Å². The Morgan fingerprint density at radius 3 is 2.68 bits per heavy atom. The molecular weight excluding hydrogens is 266 g/mol. The second-order valence-corrected chi connectivity index (χ2v) is 4.53. The highest BCUT2D eigenvalue weighted by Crippen LogP contribution is 2.19. The highest BCUT2D eigenvalue weighted by atomic mass is 35.5. The highest BCUT2D eigenvalue weighted by Gasteiger charge is 2.10. The van der Waals surface area contributed by atoms with Gasteiger partial charge in [0.1, 0.15) is 5.69 Å². The molecule has 0 aliphatic heterocycles. The first kappa shape index (κ1) is 13.3.